The highest BCUT2D eigenvalue weighted by atomic mass is 32.2. The molecular weight excluding hydrogens is 726 g/mol. The van der Waals surface area contributed by atoms with E-state index < -0.39 is 70.7 Å². The van der Waals surface area contributed by atoms with Gasteiger partial charge in [-0.2, -0.15) is 0 Å². The second-order valence-corrected chi connectivity index (χ2v) is 14.6. The van der Waals surface area contributed by atoms with Gasteiger partial charge in [0.25, 0.3) is 0 Å². The van der Waals surface area contributed by atoms with Crippen molar-refractivity contribution < 1.29 is 47.3 Å². The number of hydrogen-bond acceptors (Lipinski definition) is 13. The summed E-state index contributed by atoms with van der Waals surface area (Å²) in [5.74, 6) is -1.42. The predicted octanol–water partition coefficient (Wildman–Crippen LogP) is 0.912. The summed E-state index contributed by atoms with van der Waals surface area (Å²) in [4.78, 5) is 86.4. The molecule has 2 atom stereocenters. The van der Waals surface area contributed by atoms with E-state index in [-0.39, 0.29) is 72.8 Å². The first kappa shape index (κ1) is 43.1. The van der Waals surface area contributed by atoms with E-state index in [1.54, 1.807) is 12.1 Å². The third-order valence-corrected chi connectivity index (χ3v) is 9.93. The summed E-state index contributed by atoms with van der Waals surface area (Å²) in [6.07, 6.45) is -0.513. The maximum Gasteiger partial charge on any atom is 0.336 e. The second-order valence-electron chi connectivity index (χ2n) is 12.7. The molecule has 54 heavy (non-hydrogen) atoms. The number of carbonyl (C=O) groups excluding carboxylic acids is 4. The van der Waals surface area contributed by atoms with Crippen LogP contribution in [0, 0.1) is 0 Å². The van der Waals surface area contributed by atoms with Crippen molar-refractivity contribution in [3.63, 3.8) is 0 Å². The van der Waals surface area contributed by atoms with Crippen LogP contribution in [0.1, 0.15) is 56.6 Å². The third kappa shape index (κ3) is 12.4. The van der Waals surface area contributed by atoms with Gasteiger partial charge in [0.15, 0.2) is 0 Å². The first-order chi connectivity index (χ1) is 25.6. The van der Waals surface area contributed by atoms with Crippen molar-refractivity contribution in [1.82, 2.24) is 13.7 Å². The summed E-state index contributed by atoms with van der Waals surface area (Å²) in [6, 6.07) is 11.8. The molecule has 2 unspecified atom stereocenters. The number of allylic oxidation sites excluding steroid dienone is 1. The summed E-state index contributed by atoms with van der Waals surface area (Å²) in [6.45, 7) is 3.04. The van der Waals surface area contributed by atoms with Gasteiger partial charge in [-0.15, -0.1) is 6.58 Å². The van der Waals surface area contributed by atoms with Crippen LogP contribution in [-0.2, 0) is 71.0 Å². The average molecular weight is 772 g/mol. The minimum Gasteiger partial charge on any atom is -0.469 e. The van der Waals surface area contributed by atoms with E-state index in [2.05, 4.69) is 11.3 Å². The van der Waals surface area contributed by atoms with Gasteiger partial charge in [0.1, 0.15) is 24.3 Å². The first-order valence-electron chi connectivity index (χ1n) is 17.2. The van der Waals surface area contributed by atoms with Crippen LogP contribution in [0.5, 0.6) is 0 Å². The standard InChI is InChI=1S/C37H45N3O13S/c1-4-19-38-35(47)39(22-25(2)41)37(49)40(36(38)48)23-30(44)24-53-34(46)10-6-8-29(43)21-27-13-17-32(18-14-27)54(50,51)31-15-11-26(12-16-31)20-28(42)7-5-9-33(45)52-3/h4,11-18,25,30,41,44H,1,5-10,19-24H2,2-3H3. The van der Waals surface area contributed by atoms with Crippen LogP contribution in [0.2, 0.25) is 0 Å². The predicted molar refractivity (Wildman–Crippen MR) is 194 cm³/mol. The van der Waals surface area contributed by atoms with Gasteiger partial charge in [0.05, 0.1) is 42.6 Å². The topological polar surface area (TPSA) is 227 Å². The van der Waals surface area contributed by atoms with Crippen molar-refractivity contribution in [2.45, 2.75) is 99.9 Å². The van der Waals surface area contributed by atoms with Crippen molar-refractivity contribution in [1.29, 1.82) is 0 Å². The smallest absolute Gasteiger partial charge is 0.336 e. The van der Waals surface area contributed by atoms with Gasteiger partial charge in [0.2, 0.25) is 9.84 Å². The maximum atomic E-state index is 13.2. The number of ketones is 2. The van der Waals surface area contributed by atoms with Crippen LogP contribution in [0.25, 0.3) is 0 Å². The van der Waals surface area contributed by atoms with Crippen molar-refractivity contribution >= 4 is 33.3 Å². The van der Waals surface area contributed by atoms with Crippen LogP contribution in [-0.4, -0.2) is 81.8 Å². The molecule has 0 amide bonds. The number of carbonyl (C=O) groups is 4. The Morgan fingerprint density at radius 1 is 0.722 bits per heavy atom. The fourth-order valence-corrected chi connectivity index (χ4v) is 6.63. The molecule has 17 heteroatoms. The Bertz CT molecular complexity index is 2100. The maximum absolute atomic E-state index is 13.2. The van der Waals surface area contributed by atoms with E-state index in [1.165, 1.54) is 56.5 Å². The van der Waals surface area contributed by atoms with Crippen molar-refractivity contribution in [3.8, 4) is 0 Å². The summed E-state index contributed by atoms with van der Waals surface area (Å²) in [5, 5.41) is 20.1. The number of esters is 2. The number of benzene rings is 2. The Morgan fingerprint density at radius 3 is 1.61 bits per heavy atom. The van der Waals surface area contributed by atoms with E-state index in [1.807, 2.05) is 0 Å². The first-order valence-corrected chi connectivity index (χ1v) is 18.7. The largest absolute Gasteiger partial charge is 0.469 e. The lowest BCUT2D eigenvalue weighted by Crippen LogP contribution is -2.56. The lowest BCUT2D eigenvalue weighted by Gasteiger charge is -2.16. The lowest BCUT2D eigenvalue weighted by atomic mass is 10.0. The normalized spacial score (nSPS) is 12.4. The van der Waals surface area contributed by atoms with E-state index in [9.17, 15) is 52.2 Å². The number of aromatic nitrogens is 3. The fraction of sp³-hybridized carbons (Fsp3) is 0.432. The SMILES string of the molecule is C=CCn1c(=O)n(CC(C)O)c(=O)n(CC(O)COC(=O)CCCC(=O)Cc2ccc(S(=O)(=O)c3ccc(CC(=O)CCCC(=O)OC)cc3)cc2)c1=O. The molecule has 0 aliphatic rings. The lowest BCUT2D eigenvalue weighted by molar-refractivity contribution is -0.147. The van der Waals surface area contributed by atoms with Gasteiger partial charge < -0.3 is 19.7 Å². The van der Waals surface area contributed by atoms with Crippen LogP contribution < -0.4 is 17.1 Å². The number of methoxy groups -OCH3 is 1. The molecule has 16 nitrogen and oxygen atoms in total. The average Bonchev–Trinajstić information content (AvgIpc) is 3.13. The summed E-state index contributed by atoms with van der Waals surface area (Å²) in [7, 11) is -2.60. The molecule has 0 aliphatic heterocycles. The van der Waals surface area contributed by atoms with E-state index in [0.717, 1.165) is 4.57 Å². The van der Waals surface area contributed by atoms with Gasteiger partial charge in [-0.3, -0.25) is 19.2 Å². The zero-order valence-corrected chi connectivity index (χ0v) is 31.0. The zero-order valence-electron chi connectivity index (χ0n) is 30.2. The van der Waals surface area contributed by atoms with Gasteiger partial charge in [-0.1, -0.05) is 30.3 Å². The van der Waals surface area contributed by atoms with Crippen LogP contribution in [0.3, 0.4) is 0 Å². The number of hydrogen-bond donors (Lipinski definition) is 2. The Kier molecular flexibility index (Phi) is 16.2. The van der Waals surface area contributed by atoms with Gasteiger partial charge in [-0.25, -0.2) is 36.5 Å². The third-order valence-electron chi connectivity index (χ3n) is 8.14. The molecule has 1 heterocycles. The molecule has 0 spiro atoms. The summed E-state index contributed by atoms with van der Waals surface area (Å²) in [5.41, 5.74) is -1.80. The molecular formula is C37H45N3O13S. The Morgan fingerprint density at radius 2 is 1.17 bits per heavy atom. The minimum absolute atomic E-state index is 0.00815. The molecule has 0 bridgehead atoms. The number of nitrogens with zero attached hydrogens (tertiary/aromatic N) is 3. The second kappa shape index (κ2) is 20.3. The zero-order chi connectivity index (χ0) is 40.0. The van der Waals surface area contributed by atoms with E-state index >= 15 is 0 Å². The Hall–Kier alpha value is -5.26. The highest BCUT2D eigenvalue weighted by Gasteiger charge is 2.21. The van der Waals surface area contributed by atoms with Crippen LogP contribution in [0.4, 0.5) is 0 Å². The van der Waals surface area contributed by atoms with Crippen LogP contribution in [0.15, 0.2) is 85.4 Å². The molecule has 0 radical (unpaired) electrons. The molecule has 2 aromatic carbocycles. The quantitative estimate of drug-likeness (QED) is 0.107. The summed E-state index contributed by atoms with van der Waals surface area (Å²) < 4.78 is 37.9. The highest BCUT2D eigenvalue weighted by molar-refractivity contribution is 7.91. The molecule has 292 valence electrons. The molecule has 3 rings (SSSR count). The molecule has 0 fully saturated rings. The number of rotatable bonds is 22. The number of Topliss-reactive ketones (excluding diaryl/α,β-unsaturated/α-hetero) is 2. The Labute approximate surface area is 311 Å². The fourth-order valence-electron chi connectivity index (χ4n) is 5.37. The minimum atomic E-state index is -3.88. The molecule has 1 aromatic heterocycles. The van der Waals surface area contributed by atoms with Crippen molar-refractivity contribution in [2.24, 2.45) is 0 Å². The van der Waals surface area contributed by atoms with Crippen molar-refractivity contribution in [3.05, 3.63) is 104 Å². The van der Waals surface area contributed by atoms with Gasteiger partial charge in [0, 0.05) is 38.5 Å². The molecule has 3 aromatic rings. The highest BCUT2D eigenvalue weighted by Crippen LogP contribution is 2.22. The van der Waals surface area contributed by atoms with E-state index in [4.69, 9.17) is 4.74 Å². The number of sulfone groups is 1. The van der Waals surface area contributed by atoms with Crippen molar-refractivity contribution in [2.75, 3.05) is 13.7 Å². The molecule has 0 aliphatic carbocycles. The number of aliphatic hydroxyl groups excluding tert-OH is 2. The van der Waals surface area contributed by atoms with Crippen LogP contribution >= 0.6 is 0 Å². The number of aliphatic hydroxyl groups is 2. The molecule has 2 N–H and O–H groups in total. The summed E-state index contributed by atoms with van der Waals surface area (Å²) >= 11 is 0. The number of ether oxygens (including phenoxy) is 2. The molecule has 0 saturated heterocycles. The van der Waals surface area contributed by atoms with E-state index in [0.29, 0.717) is 26.7 Å². The Balaban J connectivity index is 1.46. The van der Waals surface area contributed by atoms with Gasteiger partial charge in [-0.05, 0) is 55.2 Å². The monoisotopic (exact) mass is 771 g/mol. The molecule has 0 saturated carbocycles. The van der Waals surface area contributed by atoms with Gasteiger partial charge >= 0.3 is 29.0 Å².